The molecule has 0 radical (unpaired) electrons. The highest BCUT2D eigenvalue weighted by Crippen LogP contribution is 2.45. The molecule has 1 heterocycles. The van der Waals surface area contributed by atoms with Crippen LogP contribution in [0.3, 0.4) is 0 Å². The van der Waals surface area contributed by atoms with Crippen LogP contribution in [0.25, 0.3) is 0 Å². The molecule has 1 N–H and O–H groups in total. The summed E-state index contributed by atoms with van der Waals surface area (Å²) in [6.45, 7) is 6.64. The van der Waals surface area contributed by atoms with Gasteiger partial charge in [0, 0.05) is 0 Å². The molecule has 0 fully saturated rings. The maximum Gasteiger partial charge on any atom is 0.206 e. The number of benzene rings is 1. The zero-order valence-electron chi connectivity index (χ0n) is 11.6. The van der Waals surface area contributed by atoms with Gasteiger partial charge in [0.25, 0.3) is 0 Å². The van der Waals surface area contributed by atoms with Gasteiger partial charge in [0.2, 0.25) is 5.13 Å². The zero-order chi connectivity index (χ0) is 13.5. The molecule has 3 nitrogen and oxygen atoms in total. The third kappa shape index (κ3) is 2.37. The first-order chi connectivity index (χ1) is 9.06. The van der Waals surface area contributed by atoms with Gasteiger partial charge in [0.15, 0.2) is 0 Å². The fraction of sp³-hybridized carbons (Fsp3) is 0.467. The highest BCUT2D eigenvalue weighted by Gasteiger charge is 2.36. The highest BCUT2D eigenvalue weighted by atomic mass is 32.1. The standard InChI is InChI=1S/C15H19N3S/c1-10-17-18-14(19-10)16-13-12-7-5-4-6-11(12)8-9-15(13,2)3/h4-7,13H,8-9H2,1-3H3,(H,16,18). The number of rotatable bonds is 2. The van der Waals surface area contributed by atoms with Gasteiger partial charge in [-0.1, -0.05) is 49.4 Å². The van der Waals surface area contributed by atoms with Crippen molar-refractivity contribution in [3.63, 3.8) is 0 Å². The van der Waals surface area contributed by atoms with E-state index in [0.717, 1.165) is 16.6 Å². The topological polar surface area (TPSA) is 37.8 Å². The van der Waals surface area contributed by atoms with Gasteiger partial charge in [-0.3, -0.25) is 0 Å². The Morgan fingerprint density at radius 1 is 1.26 bits per heavy atom. The fourth-order valence-electron chi connectivity index (χ4n) is 2.82. The van der Waals surface area contributed by atoms with Crippen molar-refractivity contribution in [1.82, 2.24) is 10.2 Å². The molecule has 100 valence electrons. The Morgan fingerprint density at radius 3 is 2.79 bits per heavy atom. The first kappa shape index (κ1) is 12.6. The van der Waals surface area contributed by atoms with Crippen LogP contribution in [0.1, 0.15) is 42.4 Å². The molecule has 0 aliphatic heterocycles. The van der Waals surface area contributed by atoms with Crippen LogP contribution < -0.4 is 5.32 Å². The normalized spacial score (nSPS) is 20.9. The Hall–Kier alpha value is -1.42. The van der Waals surface area contributed by atoms with E-state index in [1.54, 1.807) is 11.3 Å². The molecular formula is C15H19N3S. The molecule has 4 heteroatoms. The van der Waals surface area contributed by atoms with Crippen molar-refractivity contribution in [2.45, 2.75) is 39.7 Å². The molecule has 1 atom stereocenters. The monoisotopic (exact) mass is 273 g/mol. The SMILES string of the molecule is Cc1nnc(NC2c3ccccc3CCC2(C)C)s1. The van der Waals surface area contributed by atoms with Gasteiger partial charge in [-0.15, -0.1) is 10.2 Å². The van der Waals surface area contributed by atoms with Crippen LogP contribution in [-0.2, 0) is 6.42 Å². The highest BCUT2D eigenvalue weighted by molar-refractivity contribution is 7.15. The molecule has 1 aromatic heterocycles. The molecule has 1 aliphatic carbocycles. The Labute approximate surface area is 118 Å². The fourth-order valence-corrected chi connectivity index (χ4v) is 3.44. The van der Waals surface area contributed by atoms with Crippen molar-refractivity contribution in [1.29, 1.82) is 0 Å². The predicted molar refractivity (Wildman–Crippen MR) is 79.6 cm³/mol. The Bertz CT molecular complexity index is 589. The minimum Gasteiger partial charge on any atom is -0.353 e. The molecule has 0 saturated carbocycles. The van der Waals surface area contributed by atoms with Crippen LogP contribution in [-0.4, -0.2) is 10.2 Å². The Kier molecular flexibility index (Phi) is 3.05. The van der Waals surface area contributed by atoms with Gasteiger partial charge in [-0.25, -0.2) is 0 Å². The number of aryl methyl sites for hydroxylation is 2. The van der Waals surface area contributed by atoms with Crippen LogP contribution >= 0.6 is 11.3 Å². The lowest BCUT2D eigenvalue weighted by Gasteiger charge is -2.40. The molecule has 0 saturated heterocycles. The summed E-state index contributed by atoms with van der Waals surface area (Å²) >= 11 is 1.62. The Morgan fingerprint density at radius 2 is 2.05 bits per heavy atom. The number of fused-ring (bicyclic) bond motifs is 1. The van der Waals surface area contributed by atoms with Crippen molar-refractivity contribution in [2.75, 3.05) is 5.32 Å². The molecule has 2 aromatic rings. The van der Waals surface area contributed by atoms with Gasteiger partial charge in [0.1, 0.15) is 5.01 Å². The number of hydrogen-bond acceptors (Lipinski definition) is 4. The van der Waals surface area contributed by atoms with Gasteiger partial charge in [-0.2, -0.15) is 0 Å². The average molecular weight is 273 g/mol. The third-order valence-electron chi connectivity index (χ3n) is 3.98. The summed E-state index contributed by atoms with van der Waals surface area (Å²) in [4.78, 5) is 0. The van der Waals surface area contributed by atoms with E-state index >= 15 is 0 Å². The summed E-state index contributed by atoms with van der Waals surface area (Å²) in [6, 6.07) is 9.04. The van der Waals surface area contributed by atoms with Crippen LogP contribution in [0.4, 0.5) is 5.13 Å². The third-order valence-corrected chi connectivity index (χ3v) is 4.75. The van der Waals surface area contributed by atoms with Gasteiger partial charge >= 0.3 is 0 Å². The molecule has 1 aliphatic rings. The second kappa shape index (κ2) is 4.60. The molecule has 3 rings (SSSR count). The van der Waals surface area contributed by atoms with Crippen LogP contribution in [0.15, 0.2) is 24.3 Å². The molecule has 0 amide bonds. The maximum absolute atomic E-state index is 4.21. The quantitative estimate of drug-likeness (QED) is 0.899. The number of nitrogens with one attached hydrogen (secondary N) is 1. The van der Waals surface area contributed by atoms with Gasteiger partial charge in [-0.05, 0) is 36.3 Å². The van der Waals surface area contributed by atoms with Gasteiger partial charge < -0.3 is 5.32 Å². The molecule has 19 heavy (non-hydrogen) atoms. The average Bonchev–Trinajstić information content (AvgIpc) is 2.79. The van der Waals surface area contributed by atoms with E-state index < -0.39 is 0 Å². The lowest BCUT2D eigenvalue weighted by molar-refractivity contribution is 0.265. The lowest BCUT2D eigenvalue weighted by atomic mass is 9.70. The van der Waals surface area contributed by atoms with E-state index in [1.165, 1.54) is 17.5 Å². The first-order valence-corrected chi connectivity index (χ1v) is 7.52. The van der Waals surface area contributed by atoms with Gasteiger partial charge in [0.05, 0.1) is 6.04 Å². The maximum atomic E-state index is 4.21. The molecule has 0 spiro atoms. The molecular weight excluding hydrogens is 254 g/mol. The van der Waals surface area contributed by atoms with E-state index in [9.17, 15) is 0 Å². The first-order valence-electron chi connectivity index (χ1n) is 6.71. The Balaban J connectivity index is 1.97. The van der Waals surface area contributed by atoms with Crippen molar-refractivity contribution >= 4 is 16.5 Å². The van der Waals surface area contributed by atoms with Crippen LogP contribution in [0, 0.1) is 12.3 Å². The van der Waals surface area contributed by atoms with Crippen molar-refractivity contribution < 1.29 is 0 Å². The summed E-state index contributed by atoms with van der Waals surface area (Å²) in [5, 5.41) is 13.8. The smallest absolute Gasteiger partial charge is 0.206 e. The van der Waals surface area contributed by atoms with Crippen LogP contribution in [0.5, 0.6) is 0 Å². The molecule has 1 unspecified atom stereocenters. The lowest BCUT2D eigenvalue weighted by Crippen LogP contribution is -2.33. The van der Waals surface area contributed by atoms with E-state index in [4.69, 9.17) is 0 Å². The number of aromatic nitrogens is 2. The largest absolute Gasteiger partial charge is 0.353 e. The van der Waals surface area contributed by atoms with E-state index in [2.05, 4.69) is 53.6 Å². The minimum absolute atomic E-state index is 0.230. The van der Waals surface area contributed by atoms with Crippen molar-refractivity contribution in [3.8, 4) is 0 Å². The van der Waals surface area contributed by atoms with Crippen molar-refractivity contribution in [3.05, 3.63) is 40.4 Å². The minimum atomic E-state index is 0.230. The predicted octanol–water partition coefficient (Wildman–Crippen LogP) is 3.97. The molecule has 1 aromatic carbocycles. The number of nitrogens with zero attached hydrogens (tertiary/aromatic N) is 2. The summed E-state index contributed by atoms with van der Waals surface area (Å²) in [6.07, 6.45) is 2.36. The van der Waals surface area contributed by atoms with Crippen LogP contribution in [0.2, 0.25) is 0 Å². The summed E-state index contributed by atoms with van der Waals surface area (Å²) in [5.74, 6) is 0. The van der Waals surface area contributed by atoms with E-state index in [-0.39, 0.29) is 5.41 Å². The van der Waals surface area contributed by atoms with E-state index in [0.29, 0.717) is 6.04 Å². The second-order valence-corrected chi connectivity index (χ2v) is 7.07. The summed E-state index contributed by atoms with van der Waals surface area (Å²) < 4.78 is 0. The number of anilines is 1. The number of hydrogen-bond donors (Lipinski definition) is 1. The zero-order valence-corrected chi connectivity index (χ0v) is 12.4. The summed E-state index contributed by atoms with van der Waals surface area (Å²) in [5.41, 5.74) is 3.10. The second-order valence-electron chi connectivity index (χ2n) is 5.89. The van der Waals surface area contributed by atoms with Crippen molar-refractivity contribution in [2.24, 2.45) is 5.41 Å². The molecule has 0 bridgehead atoms. The van der Waals surface area contributed by atoms with E-state index in [1.807, 2.05) is 6.92 Å². The summed E-state index contributed by atoms with van der Waals surface area (Å²) in [7, 11) is 0.